The zero-order valence-corrected chi connectivity index (χ0v) is 12.8. The molecule has 0 bridgehead atoms. The van der Waals surface area contributed by atoms with Crippen LogP contribution in [-0.4, -0.2) is 23.1 Å². The van der Waals surface area contributed by atoms with Gasteiger partial charge >= 0.3 is 0 Å². The number of hydrogen-bond acceptors (Lipinski definition) is 4. The second kappa shape index (κ2) is 5.32. The zero-order chi connectivity index (χ0) is 15.8. The van der Waals surface area contributed by atoms with E-state index in [1.165, 1.54) is 0 Å². The van der Waals surface area contributed by atoms with Gasteiger partial charge in [0.1, 0.15) is 28.5 Å². The summed E-state index contributed by atoms with van der Waals surface area (Å²) in [6.45, 7) is 7.14. The Morgan fingerprint density at radius 3 is 1.67 bits per heavy atom. The molecule has 0 aliphatic heterocycles. The smallest absolute Gasteiger partial charge is 0.150 e. The minimum absolute atomic E-state index is 0.0980. The predicted molar refractivity (Wildman–Crippen MR) is 77.7 cm³/mol. The third-order valence-electron chi connectivity index (χ3n) is 5.24. The van der Waals surface area contributed by atoms with E-state index < -0.39 is 10.8 Å². The molecule has 4 nitrogen and oxygen atoms in total. The number of Topliss-reactive ketones (excluding diaryl/α,β-unsaturated/α-hetero) is 4. The van der Waals surface area contributed by atoms with E-state index in [2.05, 4.69) is 6.58 Å². The Hall–Kier alpha value is -1.58. The van der Waals surface area contributed by atoms with Gasteiger partial charge in [0.05, 0.1) is 5.41 Å². The summed E-state index contributed by atoms with van der Waals surface area (Å²) < 4.78 is 0. The number of allylic oxidation sites excluding steroid dienone is 1. The van der Waals surface area contributed by atoms with Crippen molar-refractivity contribution in [2.24, 2.45) is 10.8 Å². The Bertz CT molecular complexity index is 509. The highest BCUT2D eigenvalue weighted by Gasteiger charge is 2.49. The third kappa shape index (κ3) is 2.41. The van der Waals surface area contributed by atoms with E-state index in [4.69, 9.17) is 0 Å². The highest BCUT2D eigenvalue weighted by atomic mass is 16.2. The van der Waals surface area contributed by atoms with Crippen LogP contribution >= 0.6 is 0 Å². The average Bonchev–Trinajstić information content (AvgIpc) is 2.42. The zero-order valence-electron chi connectivity index (χ0n) is 12.8. The van der Waals surface area contributed by atoms with Crippen molar-refractivity contribution >= 4 is 23.1 Å². The lowest BCUT2D eigenvalue weighted by atomic mass is 9.62. The van der Waals surface area contributed by atoms with Crippen LogP contribution in [-0.2, 0) is 19.2 Å². The van der Waals surface area contributed by atoms with Gasteiger partial charge in [0.15, 0.2) is 0 Å². The first kappa shape index (κ1) is 15.8. The molecule has 2 aliphatic carbocycles. The molecule has 0 aromatic rings. The van der Waals surface area contributed by atoms with Gasteiger partial charge in [-0.3, -0.25) is 19.2 Å². The van der Waals surface area contributed by atoms with Crippen molar-refractivity contribution in [1.29, 1.82) is 0 Å². The standard InChI is InChI=1S/C17H22O4/c1-11(17(3)14(20)8-5-9-15(17)21)10-16(2)12(18)6-4-7-13(16)19/h1,4-10H2,2-3H3. The number of carbonyl (C=O) groups excluding carboxylic acids is 4. The van der Waals surface area contributed by atoms with Gasteiger partial charge in [-0.05, 0) is 33.1 Å². The molecule has 0 spiro atoms. The van der Waals surface area contributed by atoms with Gasteiger partial charge in [-0.25, -0.2) is 0 Å². The molecule has 2 saturated carbocycles. The third-order valence-corrected chi connectivity index (χ3v) is 5.24. The summed E-state index contributed by atoms with van der Waals surface area (Å²) >= 11 is 0. The Kier molecular flexibility index (Phi) is 4.00. The Labute approximate surface area is 125 Å². The maximum atomic E-state index is 12.2. The van der Waals surface area contributed by atoms with Crippen LogP contribution in [0.5, 0.6) is 0 Å². The summed E-state index contributed by atoms with van der Waals surface area (Å²) in [6.07, 6.45) is 2.77. The van der Waals surface area contributed by atoms with E-state index >= 15 is 0 Å². The van der Waals surface area contributed by atoms with Gasteiger partial charge < -0.3 is 0 Å². The quantitative estimate of drug-likeness (QED) is 0.592. The summed E-state index contributed by atoms with van der Waals surface area (Å²) in [6, 6.07) is 0. The first-order valence-electron chi connectivity index (χ1n) is 7.54. The maximum absolute atomic E-state index is 12.2. The average molecular weight is 290 g/mol. The van der Waals surface area contributed by atoms with Crippen LogP contribution in [0.25, 0.3) is 0 Å². The Balaban J connectivity index is 2.28. The molecule has 0 amide bonds. The maximum Gasteiger partial charge on any atom is 0.150 e. The molecule has 0 radical (unpaired) electrons. The van der Waals surface area contributed by atoms with Gasteiger partial charge in [0.2, 0.25) is 0 Å². The highest BCUT2D eigenvalue weighted by molar-refractivity contribution is 6.12. The number of carbonyl (C=O) groups is 4. The summed E-state index contributed by atoms with van der Waals surface area (Å²) in [5.74, 6) is -0.468. The topological polar surface area (TPSA) is 68.3 Å². The van der Waals surface area contributed by atoms with E-state index in [1.54, 1.807) is 13.8 Å². The molecular formula is C17H22O4. The largest absolute Gasteiger partial charge is 0.299 e. The minimum atomic E-state index is -1.22. The van der Waals surface area contributed by atoms with Crippen LogP contribution in [0.15, 0.2) is 12.2 Å². The van der Waals surface area contributed by atoms with Crippen LogP contribution in [0, 0.1) is 10.8 Å². The summed E-state index contributed by atoms with van der Waals surface area (Å²) in [7, 11) is 0. The van der Waals surface area contributed by atoms with Crippen molar-refractivity contribution in [2.75, 3.05) is 0 Å². The van der Waals surface area contributed by atoms with Crippen LogP contribution in [0.2, 0.25) is 0 Å². The van der Waals surface area contributed by atoms with Crippen LogP contribution in [0.4, 0.5) is 0 Å². The molecule has 0 N–H and O–H groups in total. The van der Waals surface area contributed by atoms with Crippen molar-refractivity contribution in [2.45, 2.75) is 58.8 Å². The monoisotopic (exact) mass is 290 g/mol. The van der Waals surface area contributed by atoms with E-state index in [0.29, 0.717) is 44.1 Å². The van der Waals surface area contributed by atoms with Crippen LogP contribution in [0.1, 0.15) is 58.8 Å². The number of hydrogen-bond donors (Lipinski definition) is 0. The molecule has 2 aliphatic rings. The second-order valence-corrected chi connectivity index (χ2v) is 6.64. The summed E-state index contributed by atoms with van der Waals surface area (Å²) in [5.41, 5.74) is -1.92. The number of rotatable bonds is 3. The molecule has 0 saturated heterocycles. The van der Waals surface area contributed by atoms with Gasteiger partial charge in [0.25, 0.3) is 0 Å². The van der Waals surface area contributed by atoms with E-state index in [9.17, 15) is 19.2 Å². The molecule has 2 rings (SSSR count). The SMILES string of the molecule is C=C(CC1(C)C(=O)CCCC1=O)C1(C)C(=O)CCCC1=O. The molecule has 114 valence electrons. The molecule has 0 heterocycles. The predicted octanol–water partition coefficient (Wildman–Crippen LogP) is 2.59. The fourth-order valence-corrected chi connectivity index (χ4v) is 3.38. The van der Waals surface area contributed by atoms with E-state index in [1.807, 2.05) is 0 Å². The summed E-state index contributed by atoms with van der Waals surface area (Å²) in [4.78, 5) is 48.8. The van der Waals surface area contributed by atoms with Gasteiger partial charge in [-0.2, -0.15) is 0 Å². The van der Waals surface area contributed by atoms with Gasteiger partial charge in [-0.15, -0.1) is 0 Å². The molecule has 0 unspecified atom stereocenters. The lowest BCUT2D eigenvalue weighted by Crippen LogP contribution is -2.46. The molecule has 21 heavy (non-hydrogen) atoms. The summed E-state index contributed by atoms with van der Waals surface area (Å²) in [5, 5.41) is 0. The molecule has 0 aromatic carbocycles. The highest BCUT2D eigenvalue weighted by Crippen LogP contribution is 2.43. The molecule has 2 fully saturated rings. The Morgan fingerprint density at radius 1 is 0.857 bits per heavy atom. The van der Waals surface area contributed by atoms with Gasteiger partial charge in [-0.1, -0.05) is 12.2 Å². The van der Waals surface area contributed by atoms with Crippen molar-refractivity contribution in [3.05, 3.63) is 12.2 Å². The molecule has 0 aromatic heterocycles. The van der Waals surface area contributed by atoms with Crippen LogP contribution in [0.3, 0.4) is 0 Å². The van der Waals surface area contributed by atoms with Crippen molar-refractivity contribution < 1.29 is 19.2 Å². The first-order valence-corrected chi connectivity index (χ1v) is 7.54. The number of ketones is 4. The fourth-order valence-electron chi connectivity index (χ4n) is 3.38. The minimum Gasteiger partial charge on any atom is -0.299 e. The van der Waals surface area contributed by atoms with Gasteiger partial charge in [0, 0.05) is 25.7 Å². The first-order chi connectivity index (χ1) is 9.72. The lowest BCUT2D eigenvalue weighted by Gasteiger charge is -2.37. The normalized spacial score (nSPS) is 25.0. The van der Waals surface area contributed by atoms with Crippen molar-refractivity contribution in [3.63, 3.8) is 0 Å². The van der Waals surface area contributed by atoms with Crippen LogP contribution < -0.4 is 0 Å². The Morgan fingerprint density at radius 2 is 1.24 bits per heavy atom. The lowest BCUT2D eigenvalue weighted by molar-refractivity contribution is -0.145. The van der Waals surface area contributed by atoms with Crippen molar-refractivity contribution in [1.82, 2.24) is 0 Å². The molecular weight excluding hydrogens is 268 g/mol. The molecule has 4 heteroatoms. The van der Waals surface area contributed by atoms with E-state index in [-0.39, 0.29) is 29.6 Å². The van der Waals surface area contributed by atoms with E-state index in [0.717, 1.165) is 0 Å². The van der Waals surface area contributed by atoms with Crippen molar-refractivity contribution in [3.8, 4) is 0 Å². The molecule has 0 atom stereocenters. The fraction of sp³-hybridized carbons (Fsp3) is 0.647. The second-order valence-electron chi connectivity index (χ2n) is 6.64.